The molecule has 1 aliphatic heterocycles. The number of nitro groups is 1. The fraction of sp³-hybridized carbons (Fsp3) is 0.118. The van der Waals surface area contributed by atoms with E-state index in [1.165, 1.54) is 28.8 Å². The summed E-state index contributed by atoms with van der Waals surface area (Å²) in [4.78, 5) is 40.0. The van der Waals surface area contributed by atoms with E-state index in [2.05, 4.69) is 4.57 Å². The molecule has 2 amide bonds. The van der Waals surface area contributed by atoms with Crippen LogP contribution in [0.25, 0.3) is 22.5 Å². The highest BCUT2D eigenvalue weighted by Gasteiger charge is 2.35. The van der Waals surface area contributed by atoms with Gasteiger partial charge in [0.2, 0.25) is 0 Å². The van der Waals surface area contributed by atoms with Gasteiger partial charge in [-0.25, -0.2) is 0 Å². The highest BCUT2D eigenvalue weighted by molar-refractivity contribution is 8.18. The Hall–Kier alpha value is -4.80. The Labute approximate surface area is 262 Å². The molecule has 44 heavy (non-hydrogen) atoms. The van der Waals surface area contributed by atoms with E-state index in [-0.39, 0.29) is 30.0 Å². The molecule has 220 valence electrons. The largest absolute Gasteiger partial charge is 0.491 e. The number of aryl methyl sites for hydroxylation is 1. The number of carbonyl (C=O) groups excluding carboxylic acids is 2. The molecule has 10 heteroatoms. The van der Waals surface area contributed by atoms with Crippen molar-refractivity contribution in [2.24, 2.45) is 0 Å². The van der Waals surface area contributed by atoms with E-state index in [0.29, 0.717) is 4.91 Å². The first-order valence-electron chi connectivity index (χ1n) is 13.9. The van der Waals surface area contributed by atoms with Crippen LogP contribution in [0.15, 0.2) is 112 Å². The summed E-state index contributed by atoms with van der Waals surface area (Å²) in [6.45, 7) is 4.35. The second kappa shape index (κ2) is 12.4. The minimum Gasteiger partial charge on any atom is -0.491 e. The first-order chi connectivity index (χ1) is 21.3. The molecular formula is C34H27N3O5S2. The van der Waals surface area contributed by atoms with Crippen molar-refractivity contribution in [1.82, 2.24) is 9.47 Å². The van der Waals surface area contributed by atoms with Gasteiger partial charge in [-0.05, 0) is 91.2 Å². The Morgan fingerprint density at radius 3 is 2.32 bits per heavy atom. The number of ether oxygens (including phenoxy) is 1. The van der Waals surface area contributed by atoms with Gasteiger partial charge in [-0.15, -0.1) is 0 Å². The van der Waals surface area contributed by atoms with Crippen molar-refractivity contribution in [3.8, 4) is 11.4 Å². The molecule has 1 aromatic heterocycles. The van der Waals surface area contributed by atoms with Gasteiger partial charge in [0.1, 0.15) is 12.4 Å². The Morgan fingerprint density at radius 1 is 0.909 bits per heavy atom. The predicted molar refractivity (Wildman–Crippen MR) is 175 cm³/mol. The van der Waals surface area contributed by atoms with Gasteiger partial charge in [0.25, 0.3) is 16.8 Å². The molecule has 0 atom stereocenters. The van der Waals surface area contributed by atoms with E-state index in [1.54, 1.807) is 18.2 Å². The zero-order valence-corrected chi connectivity index (χ0v) is 25.6. The number of nitrogens with zero attached hydrogens (tertiary/aromatic N) is 3. The van der Waals surface area contributed by atoms with Crippen molar-refractivity contribution in [2.75, 3.05) is 13.2 Å². The highest BCUT2D eigenvalue weighted by atomic mass is 32.2. The number of fused-ring (bicyclic) bond motifs is 1. The number of aromatic nitrogens is 1. The first kappa shape index (κ1) is 29.3. The molecular weight excluding hydrogens is 595 g/mol. The first-order valence-corrected chi connectivity index (χ1v) is 15.5. The van der Waals surface area contributed by atoms with E-state index in [4.69, 9.17) is 4.74 Å². The van der Waals surface area contributed by atoms with Crippen LogP contribution in [0.5, 0.6) is 5.75 Å². The second-order valence-electron chi connectivity index (χ2n) is 10.2. The van der Waals surface area contributed by atoms with Crippen LogP contribution in [0.4, 0.5) is 10.5 Å². The molecule has 0 bridgehead atoms. The summed E-state index contributed by atoms with van der Waals surface area (Å²) in [6, 6.07) is 30.3. The van der Waals surface area contributed by atoms with Crippen molar-refractivity contribution in [3.63, 3.8) is 0 Å². The fourth-order valence-corrected chi connectivity index (χ4v) is 6.84. The highest BCUT2D eigenvalue weighted by Crippen LogP contribution is 2.35. The number of rotatable bonds is 9. The third-order valence-corrected chi connectivity index (χ3v) is 9.25. The van der Waals surface area contributed by atoms with Crippen LogP contribution in [-0.2, 0) is 4.79 Å². The summed E-state index contributed by atoms with van der Waals surface area (Å²) in [5.41, 5.74) is 3.84. The van der Waals surface area contributed by atoms with Gasteiger partial charge < -0.3 is 9.30 Å². The third kappa shape index (κ3) is 5.99. The number of hydrogen-bond acceptors (Lipinski definition) is 7. The molecule has 0 N–H and O–H groups in total. The zero-order chi connectivity index (χ0) is 30.8. The number of imide groups is 1. The van der Waals surface area contributed by atoms with Crippen molar-refractivity contribution in [2.45, 2.75) is 23.6 Å². The molecule has 0 saturated carbocycles. The number of hydrogen-bond donors (Lipinski definition) is 0. The quantitative estimate of drug-likeness (QED) is 0.0926. The van der Waals surface area contributed by atoms with Crippen molar-refractivity contribution < 1.29 is 19.2 Å². The lowest BCUT2D eigenvalue weighted by atomic mass is 10.1. The Kier molecular flexibility index (Phi) is 8.28. The number of thioether (sulfide) groups is 1. The zero-order valence-electron chi connectivity index (χ0n) is 23.9. The van der Waals surface area contributed by atoms with Gasteiger partial charge in [0.05, 0.1) is 16.4 Å². The summed E-state index contributed by atoms with van der Waals surface area (Å²) in [6.07, 6.45) is 1.79. The van der Waals surface area contributed by atoms with Crippen molar-refractivity contribution >= 4 is 57.2 Å². The van der Waals surface area contributed by atoms with Crippen LogP contribution in [0.1, 0.15) is 17.0 Å². The standard InChI is InChI=1S/C34H27N3O5S2/c1-22-20-25(23(2)36(22)26-10-14-28(15-11-26)43-29-16-12-27(13-17-29)37(40)41)21-32-33(38)35(34(39)44-32)18-19-42-31-9-5-7-24-6-3-4-8-30(24)31/h3-17,20-21H,18-19H2,1-2H3/b32-21-. The Balaban J connectivity index is 1.13. The van der Waals surface area contributed by atoms with Gasteiger partial charge in [0, 0.05) is 44.4 Å². The van der Waals surface area contributed by atoms with Crippen LogP contribution in [0.2, 0.25) is 0 Å². The Morgan fingerprint density at radius 2 is 1.59 bits per heavy atom. The van der Waals surface area contributed by atoms with E-state index in [1.807, 2.05) is 86.6 Å². The van der Waals surface area contributed by atoms with Gasteiger partial charge >= 0.3 is 0 Å². The molecule has 8 nitrogen and oxygen atoms in total. The molecule has 4 aromatic carbocycles. The van der Waals surface area contributed by atoms with E-state index in [9.17, 15) is 19.7 Å². The molecule has 0 spiro atoms. The number of benzene rings is 4. The average molecular weight is 622 g/mol. The van der Waals surface area contributed by atoms with E-state index < -0.39 is 4.92 Å². The molecule has 0 radical (unpaired) electrons. The lowest BCUT2D eigenvalue weighted by Crippen LogP contribution is -2.32. The molecule has 1 fully saturated rings. The van der Waals surface area contributed by atoms with Gasteiger partial charge in [0.15, 0.2) is 0 Å². The van der Waals surface area contributed by atoms with Crippen LogP contribution in [0, 0.1) is 24.0 Å². The van der Waals surface area contributed by atoms with E-state index in [0.717, 1.165) is 60.7 Å². The Bertz CT molecular complexity index is 1930. The van der Waals surface area contributed by atoms with Crippen LogP contribution in [-0.4, -0.2) is 38.7 Å². The summed E-state index contributed by atoms with van der Waals surface area (Å²) in [5.74, 6) is 0.398. The topological polar surface area (TPSA) is 94.7 Å². The summed E-state index contributed by atoms with van der Waals surface area (Å²) in [5, 5.41) is 12.6. The molecule has 2 heterocycles. The van der Waals surface area contributed by atoms with Crippen LogP contribution >= 0.6 is 23.5 Å². The fourth-order valence-electron chi connectivity index (χ4n) is 5.17. The van der Waals surface area contributed by atoms with Crippen molar-refractivity contribution in [1.29, 1.82) is 0 Å². The molecule has 0 unspecified atom stereocenters. The number of non-ortho nitro benzene ring substituents is 1. The number of nitro benzene ring substituents is 1. The maximum absolute atomic E-state index is 13.2. The minimum absolute atomic E-state index is 0.0645. The molecule has 6 rings (SSSR count). The van der Waals surface area contributed by atoms with Crippen molar-refractivity contribution in [3.05, 3.63) is 129 Å². The summed E-state index contributed by atoms with van der Waals surface area (Å²) < 4.78 is 8.07. The minimum atomic E-state index is -0.409. The second-order valence-corrected chi connectivity index (χ2v) is 12.3. The number of amides is 2. The maximum Gasteiger partial charge on any atom is 0.293 e. The lowest BCUT2D eigenvalue weighted by molar-refractivity contribution is -0.384. The molecule has 5 aromatic rings. The summed E-state index contributed by atoms with van der Waals surface area (Å²) in [7, 11) is 0. The molecule has 1 aliphatic rings. The normalized spacial score (nSPS) is 14.1. The summed E-state index contributed by atoms with van der Waals surface area (Å²) >= 11 is 2.47. The number of carbonyl (C=O) groups is 2. The van der Waals surface area contributed by atoms with Gasteiger partial charge in [-0.3, -0.25) is 24.6 Å². The average Bonchev–Trinajstić information content (AvgIpc) is 3.46. The van der Waals surface area contributed by atoms with Crippen LogP contribution < -0.4 is 4.74 Å². The predicted octanol–water partition coefficient (Wildman–Crippen LogP) is 8.42. The van der Waals surface area contributed by atoms with Crippen LogP contribution in [0.3, 0.4) is 0 Å². The lowest BCUT2D eigenvalue weighted by Gasteiger charge is -2.14. The maximum atomic E-state index is 13.2. The SMILES string of the molecule is Cc1cc(/C=C2\SC(=O)N(CCOc3cccc4ccccc34)C2=O)c(C)n1-c1ccc(Sc2ccc([N+](=O)[O-])cc2)cc1. The molecule has 0 aliphatic carbocycles. The smallest absolute Gasteiger partial charge is 0.293 e. The monoisotopic (exact) mass is 621 g/mol. The van der Waals surface area contributed by atoms with E-state index >= 15 is 0 Å². The van der Waals surface area contributed by atoms with Gasteiger partial charge in [-0.1, -0.05) is 48.2 Å². The third-order valence-electron chi connectivity index (χ3n) is 7.33. The van der Waals surface area contributed by atoms with Gasteiger partial charge in [-0.2, -0.15) is 0 Å². The molecule has 1 saturated heterocycles.